The number of ether oxygens (including phenoxy) is 15. The summed E-state index contributed by atoms with van der Waals surface area (Å²) in [6.45, 7) is 14.6. The van der Waals surface area contributed by atoms with Gasteiger partial charge in [0.25, 0.3) is 0 Å². The van der Waals surface area contributed by atoms with Crippen molar-refractivity contribution in [1.82, 2.24) is 0 Å². The van der Waals surface area contributed by atoms with Gasteiger partial charge in [0.15, 0.2) is 31.5 Å². The van der Waals surface area contributed by atoms with Crippen molar-refractivity contribution in [3.63, 3.8) is 0 Å². The first kappa shape index (κ1) is 70.3. The van der Waals surface area contributed by atoms with Crippen molar-refractivity contribution in [2.24, 2.45) is 34.5 Å². The fourth-order valence-corrected chi connectivity index (χ4v) is 16.9. The number of methoxy groups -OCH3 is 3. The van der Waals surface area contributed by atoms with Crippen LogP contribution in [0, 0.1) is 34.5 Å². The van der Waals surface area contributed by atoms with Crippen molar-refractivity contribution in [2.75, 3.05) is 34.5 Å². The third kappa shape index (κ3) is 12.9. The first-order valence-corrected chi connectivity index (χ1v) is 31.8. The first-order valence-electron chi connectivity index (χ1n) is 31.8. The second-order valence-corrected chi connectivity index (χ2v) is 27.1. The Balaban J connectivity index is 0.774. The third-order valence-corrected chi connectivity index (χ3v) is 22.4. The quantitative estimate of drug-likeness (QED) is 0.0566. The SMILES string of the molecule is CCC(C)C(=O)O[C@H](C)[C@]1(O)CC[C@]2(O)[C@@H]3CC[C@H]4C[C@@H](O[C@H]5C[C@H](OC)[C@H](O[C@H]6C[C@@H](OC)[C@H](O[C@@H]7O[C@H](C)[C@@H](O[C@@H]8O[C@H](CO)[C@@H](O[C@@H]9O[C@H](CO)[C@@H](O)[C@H](O)[C@H]9O)[C@H](O)[C@H]8O)[C@H](OC)[C@H]7O)[C@@H](C)O6)[C@@H](C)O5)CC[C@]4(C)[C@H]3C[C@@H](OC(C)=O)[C@]12C. The number of carbonyl (C=O) groups excluding carboxylic acids is 2. The van der Waals surface area contributed by atoms with Gasteiger partial charge in [0.05, 0.1) is 66.8 Å². The molecule has 9 aliphatic rings. The molecule has 0 aromatic heterocycles. The van der Waals surface area contributed by atoms with Gasteiger partial charge >= 0.3 is 11.9 Å². The highest BCUT2D eigenvalue weighted by Gasteiger charge is 2.77. The Bertz CT molecular complexity index is 2300. The van der Waals surface area contributed by atoms with Crippen molar-refractivity contribution in [3.05, 3.63) is 0 Å². The highest BCUT2D eigenvalue weighted by atomic mass is 16.8. The number of rotatable bonds is 20. The maximum atomic E-state index is 13.1. The molecule has 0 radical (unpaired) electrons. The van der Waals surface area contributed by atoms with Crippen molar-refractivity contribution in [3.8, 4) is 0 Å². The van der Waals surface area contributed by atoms with Gasteiger partial charge in [-0.1, -0.05) is 27.7 Å². The summed E-state index contributed by atoms with van der Waals surface area (Å²) in [4.78, 5) is 25.9. The maximum absolute atomic E-state index is 13.1. The molecule has 1 unspecified atom stereocenters. The Kier molecular flexibility index (Phi) is 22.5. The van der Waals surface area contributed by atoms with Crippen LogP contribution in [0.5, 0.6) is 0 Å². The first-order chi connectivity index (χ1) is 41.6. The molecule has 5 heterocycles. The molecule has 9 rings (SSSR count). The zero-order valence-electron chi connectivity index (χ0n) is 52.9. The molecule has 0 bridgehead atoms. The highest BCUT2D eigenvalue weighted by Crippen LogP contribution is 2.71. The van der Waals surface area contributed by atoms with Gasteiger partial charge < -0.3 is 122 Å². The van der Waals surface area contributed by atoms with Gasteiger partial charge in [-0.05, 0) is 109 Å². The molecule has 508 valence electrons. The lowest BCUT2D eigenvalue weighted by Crippen LogP contribution is -2.72. The lowest BCUT2D eigenvalue weighted by atomic mass is 9.42. The second-order valence-electron chi connectivity index (χ2n) is 27.1. The average Bonchev–Trinajstić information content (AvgIpc) is 1.40. The van der Waals surface area contributed by atoms with E-state index in [2.05, 4.69) is 6.92 Å². The molecule has 5 saturated heterocycles. The van der Waals surface area contributed by atoms with Gasteiger partial charge in [-0.2, -0.15) is 0 Å². The molecule has 27 heteroatoms. The Morgan fingerprint density at radius 1 is 0.568 bits per heavy atom. The predicted molar refractivity (Wildman–Crippen MR) is 301 cm³/mol. The van der Waals surface area contributed by atoms with Crippen LogP contribution in [0.25, 0.3) is 0 Å². The number of hydrogen-bond acceptors (Lipinski definition) is 27. The molecule has 0 aromatic carbocycles. The van der Waals surface area contributed by atoms with E-state index < -0.39 is 195 Å². The summed E-state index contributed by atoms with van der Waals surface area (Å²) in [5, 5.41) is 111. The van der Waals surface area contributed by atoms with Crippen molar-refractivity contribution in [2.45, 2.75) is 304 Å². The second kappa shape index (κ2) is 28.1. The Morgan fingerprint density at radius 2 is 1.12 bits per heavy atom. The van der Waals surface area contributed by atoms with E-state index in [1.807, 2.05) is 20.8 Å². The van der Waals surface area contributed by atoms with Crippen LogP contribution >= 0.6 is 0 Å². The average molecular weight is 1270 g/mol. The normalized spacial score (nSPS) is 51.3. The molecule has 88 heavy (non-hydrogen) atoms. The van der Waals surface area contributed by atoms with Crippen molar-refractivity contribution in [1.29, 1.82) is 0 Å². The zero-order valence-corrected chi connectivity index (χ0v) is 52.9. The molecule has 4 saturated carbocycles. The van der Waals surface area contributed by atoms with Gasteiger partial charge in [0, 0.05) is 41.1 Å². The van der Waals surface area contributed by atoms with Crippen LogP contribution in [-0.4, -0.2) is 268 Å². The standard InChI is InChI=1S/C61H102O27/c1-13-26(2)54(71)80-30(6)60(72)18-19-61(73)34-15-14-32-20-33(16-17-58(32,8)35(34)21-40(59(60,61)9)81-31(7)64)82-41-22-36(74-10)49(27(3)77-41)85-42-23-37(75-11)50(28(4)78-42)86-57-48(70)53(76-12)51(29(5)79-57)87-56-47(69)45(67)52(39(25-63)84-56)88-55-46(68)44(66)43(65)38(24-62)83-55/h26-30,32-53,55-57,62-63,65-70,72-73H,13-25H2,1-12H3/t26?,27-,28-,29-,30-,32+,33+,34-,35+,36+,37-,38-,39-,40-,41+,42+,43-,44+,45-,46-,47-,48-,49-,50-,51-,52-,53-,55+,56+,57+,58+,59-,60-,61+/m1/s1. The van der Waals surface area contributed by atoms with E-state index in [1.165, 1.54) is 21.1 Å². The minimum atomic E-state index is -1.86. The van der Waals surface area contributed by atoms with Crippen molar-refractivity contribution < 1.29 is 132 Å². The molecule has 27 nitrogen and oxygen atoms in total. The monoisotopic (exact) mass is 1270 g/mol. The molecule has 10 N–H and O–H groups in total. The minimum Gasteiger partial charge on any atom is -0.462 e. The number of aliphatic hydroxyl groups is 10. The summed E-state index contributed by atoms with van der Waals surface area (Å²) in [6, 6.07) is 0. The van der Waals surface area contributed by atoms with Gasteiger partial charge in [0.2, 0.25) is 0 Å². The number of carbonyl (C=O) groups is 2. The molecule has 0 aromatic rings. The molecule has 0 spiro atoms. The van der Waals surface area contributed by atoms with Crippen LogP contribution in [0.4, 0.5) is 0 Å². The van der Waals surface area contributed by atoms with Gasteiger partial charge in [-0.15, -0.1) is 0 Å². The topological polar surface area (TPSA) is 375 Å². The summed E-state index contributed by atoms with van der Waals surface area (Å²) >= 11 is 0. The number of fused-ring (bicyclic) bond motifs is 5. The summed E-state index contributed by atoms with van der Waals surface area (Å²) in [5.74, 6) is -1.25. The van der Waals surface area contributed by atoms with E-state index in [9.17, 15) is 60.7 Å². The predicted octanol–water partition coefficient (Wildman–Crippen LogP) is -0.0201. The maximum Gasteiger partial charge on any atom is 0.309 e. The van der Waals surface area contributed by atoms with E-state index in [0.29, 0.717) is 25.7 Å². The zero-order chi connectivity index (χ0) is 64.3. The van der Waals surface area contributed by atoms with Crippen LogP contribution in [0.15, 0.2) is 0 Å². The molecule has 5 aliphatic heterocycles. The number of esters is 2. The van der Waals surface area contributed by atoms with E-state index in [1.54, 1.807) is 34.8 Å². The molecule has 4 aliphatic carbocycles. The molecular formula is C61H102O27. The van der Waals surface area contributed by atoms with Crippen LogP contribution in [0.1, 0.15) is 133 Å². The fourth-order valence-electron chi connectivity index (χ4n) is 16.9. The molecule has 0 amide bonds. The van der Waals surface area contributed by atoms with Crippen LogP contribution < -0.4 is 0 Å². The van der Waals surface area contributed by atoms with Gasteiger partial charge in [-0.25, -0.2) is 0 Å². The third-order valence-electron chi connectivity index (χ3n) is 22.4. The smallest absolute Gasteiger partial charge is 0.309 e. The van der Waals surface area contributed by atoms with Crippen molar-refractivity contribution >= 4 is 11.9 Å². The van der Waals surface area contributed by atoms with E-state index in [-0.39, 0.29) is 54.5 Å². The molecular weight excluding hydrogens is 1160 g/mol. The Morgan fingerprint density at radius 3 is 1.72 bits per heavy atom. The summed E-state index contributed by atoms with van der Waals surface area (Å²) in [7, 11) is 4.46. The minimum absolute atomic E-state index is 0.0210. The van der Waals surface area contributed by atoms with E-state index >= 15 is 0 Å². The number of aliphatic hydroxyl groups excluding tert-OH is 8. The lowest BCUT2D eigenvalue weighted by molar-refractivity contribution is -0.385. The largest absolute Gasteiger partial charge is 0.462 e. The van der Waals surface area contributed by atoms with Gasteiger partial charge in [-0.3, -0.25) is 9.59 Å². The summed E-state index contributed by atoms with van der Waals surface area (Å²) in [6.07, 6.45) is -23.9. The lowest BCUT2D eigenvalue weighted by Gasteiger charge is -2.66. The van der Waals surface area contributed by atoms with Crippen LogP contribution in [0.2, 0.25) is 0 Å². The van der Waals surface area contributed by atoms with Crippen LogP contribution in [-0.2, 0) is 80.6 Å². The Labute approximate surface area is 515 Å². The summed E-state index contributed by atoms with van der Waals surface area (Å²) in [5.41, 5.74) is -4.58. The van der Waals surface area contributed by atoms with Crippen LogP contribution in [0.3, 0.4) is 0 Å². The van der Waals surface area contributed by atoms with E-state index in [0.717, 1.165) is 25.7 Å². The molecule has 34 atom stereocenters. The van der Waals surface area contributed by atoms with Gasteiger partial charge in [0.1, 0.15) is 97.2 Å². The fraction of sp³-hybridized carbons (Fsp3) is 0.967. The molecule has 9 fully saturated rings. The number of hydrogen-bond donors (Lipinski definition) is 10. The Hall–Kier alpha value is -1.98. The van der Waals surface area contributed by atoms with E-state index in [4.69, 9.17) is 71.1 Å². The highest BCUT2D eigenvalue weighted by molar-refractivity contribution is 5.72. The summed E-state index contributed by atoms with van der Waals surface area (Å²) < 4.78 is 92.1.